The van der Waals surface area contributed by atoms with E-state index < -0.39 is 0 Å². The lowest BCUT2D eigenvalue weighted by Crippen LogP contribution is -2.57. The van der Waals surface area contributed by atoms with Crippen LogP contribution in [0, 0.1) is 0 Å². The molecule has 0 aromatic heterocycles. The summed E-state index contributed by atoms with van der Waals surface area (Å²) >= 11 is 0. The van der Waals surface area contributed by atoms with Gasteiger partial charge in [-0.2, -0.15) is 0 Å². The van der Waals surface area contributed by atoms with E-state index in [2.05, 4.69) is 176 Å². The molecule has 0 atom stereocenters. The number of hydrogen-bond acceptors (Lipinski definition) is 0. The highest BCUT2D eigenvalue weighted by Gasteiger charge is 2.28. The summed E-state index contributed by atoms with van der Waals surface area (Å²) in [5.74, 6) is 0. The molecule has 7 rings (SSSR count). The van der Waals surface area contributed by atoms with E-state index >= 15 is 0 Å². The van der Waals surface area contributed by atoms with Gasteiger partial charge < -0.3 is 0 Å². The Kier molecular flexibility index (Phi) is 9.48. The van der Waals surface area contributed by atoms with Crippen molar-refractivity contribution in [3.8, 4) is 33.4 Å². The molecule has 0 saturated carbocycles. The van der Waals surface area contributed by atoms with Gasteiger partial charge in [-0.05, 0) is 71.8 Å². The van der Waals surface area contributed by atoms with Crippen LogP contribution < -0.4 is 92.9 Å². The molecule has 53 heavy (non-hydrogen) atoms. The summed E-state index contributed by atoms with van der Waals surface area (Å²) in [6, 6.07) is 15.9. The van der Waals surface area contributed by atoms with E-state index in [4.69, 9.17) is 0 Å². The second-order valence-corrected chi connectivity index (χ2v) is 16.6. The maximum atomic E-state index is 2.44. The molecule has 17 heteroatoms. The third kappa shape index (κ3) is 5.29. The number of benzene rings is 7. The minimum Gasteiger partial charge on any atom is -0.102 e. The Morgan fingerprint density at radius 1 is 0.226 bits per heavy atom. The van der Waals surface area contributed by atoms with E-state index in [1.165, 1.54) is 159 Å². The molecule has 0 spiro atoms. The van der Waals surface area contributed by atoms with Crippen LogP contribution in [0.1, 0.15) is 0 Å². The van der Waals surface area contributed by atoms with Crippen LogP contribution in [0.5, 0.6) is 0 Å². The molecule has 7 aromatic carbocycles. The highest BCUT2D eigenvalue weighted by Crippen LogP contribution is 2.40. The molecule has 0 bridgehead atoms. The van der Waals surface area contributed by atoms with Gasteiger partial charge in [-0.25, -0.2) is 0 Å². The van der Waals surface area contributed by atoms with E-state index in [-0.39, 0.29) is 0 Å². The van der Waals surface area contributed by atoms with Gasteiger partial charge in [-0.15, -0.1) is 38.2 Å². The topological polar surface area (TPSA) is 0 Å². The Morgan fingerprint density at radius 2 is 0.509 bits per heavy atom. The third-order valence-electron chi connectivity index (χ3n) is 14.5. The summed E-state index contributed by atoms with van der Waals surface area (Å²) in [7, 11) is 40.0. The fourth-order valence-corrected chi connectivity index (χ4v) is 9.95. The molecule has 0 saturated heterocycles. The van der Waals surface area contributed by atoms with Gasteiger partial charge in [0, 0.05) is 0 Å². The Morgan fingerprint density at radius 3 is 0.906 bits per heavy atom. The molecule has 0 heterocycles. The van der Waals surface area contributed by atoms with Crippen molar-refractivity contribution in [3.63, 3.8) is 0 Å². The Bertz CT molecular complexity index is 2670. The molecule has 0 unspecified atom stereocenters. The fourth-order valence-electron chi connectivity index (χ4n) is 9.95. The van der Waals surface area contributed by atoms with Gasteiger partial charge >= 0.3 is 0 Å². The van der Waals surface area contributed by atoms with Gasteiger partial charge in [-0.3, -0.25) is 0 Å². The number of rotatable bonds is 3. The summed E-state index contributed by atoms with van der Waals surface area (Å²) in [5.41, 5.74) is 32.2. The molecule has 7 aromatic rings. The van der Waals surface area contributed by atoms with E-state index in [9.17, 15) is 0 Å². The van der Waals surface area contributed by atoms with E-state index in [0.29, 0.717) is 0 Å². The highest BCUT2D eigenvalue weighted by molar-refractivity contribution is 6.74. The predicted molar refractivity (Wildman–Crippen MR) is 294 cm³/mol. The normalized spacial score (nSPS) is 11.5. The Balaban J connectivity index is 1.78. The second kappa shape index (κ2) is 13.3. The zero-order valence-corrected chi connectivity index (χ0v) is 35.5. The Hall–Kier alpha value is -3.58. The number of hydrogen-bond donors (Lipinski definition) is 0. The second-order valence-electron chi connectivity index (χ2n) is 16.6. The minimum atomic E-state index is 1.28. The first kappa shape index (κ1) is 37.7. The molecule has 236 valence electrons. The summed E-state index contributed by atoms with van der Waals surface area (Å²) in [6.07, 6.45) is 0. The van der Waals surface area contributed by atoms with Crippen molar-refractivity contribution in [2.45, 2.75) is 0 Å². The molecule has 0 nitrogen and oxygen atoms in total. The Labute approximate surface area is 332 Å². The van der Waals surface area contributed by atoms with Crippen LogP contribution >= 0.6 is 0 Å². The lowest BCUT2D eigenvalue weighted by atomic mass is 9.55. The van der Waals surface area contributed by atoms with Crippen LogP contribution in [-0.4, -0.2) is 133 Å². The largest absolute Gasteiger partial charge is 0.139 e. The minimum absolute atomic E-state index is 1.28. The maximum absolute atomic E-state index is 2.44. The van der Waals surface area contributed by atoms with Gasteiger partial charge in [-0.1, -0.05) is 91.0 Å². The molecule has 0 aliphatic heterocycles. The SMILES string of the molecule is Bc1c(B)c(B)c(-c2c(B)c(B)c(-c3c4c(B)c(B)c(B)c(B)c4c(-c4ccc5ccccc5c4)c4c(B)c(B)c(B)c(B)c34)c(B)c2B)c(B)c1B. The van der Waals surface area contributed by atoms with Crippen molar-refractivity contribution >= 4 is 259 Å². The van der Waals surface area contributed by atoms with Crippen molar-refractivity contribution in [3.05, 3.63) is 42.5 Å². The average molecular weight is 658 g/mol. The molecule has 0 amide bonds. The predicted octanol–water partition coefficient (Wildman–Crippen LogP) is -19.5. The first-order valence-electron chi connectivity index (χ1n) is 19.6. The number of fused-ring (bicyclic) bond motifs is 3. The molecule has 0 aliphatic carbocycles. The molecule has 0 N–H and O–H groups in total. The fraction of sp³-hybridized carbons (Fsp3) is 0. The zero-order valence-electron chi connectivity index (χ0n) is 35.5. The first-order chi connectivity index (χ1) is 24.9. The van der Waals surface area contributed by atoms with Crippen molar-refractivity contribution < 1.29 is 0 Å². The van der Waals surface area contributed by atoms with Gasteiger partial charge in [0.15, 0.2) is 0 Å². The average Bonchev–Trinajstić information content (AvgIpc) is 3.15. The quantitative estimate of drug-likeness (QED) is 0.131. The van der Waals surface area contributed by atoms with E-state index in [1.54, 1.807) is 0 Å². The highest BCUT2D eigenvalue weighted by atomic mass is 14.3. The smallest absolute Gasteiger partial charge is 0.102 e. The van der Waals surface area contributed by atoms with Crippen molar-refractivity contribution in [2.75, 3.05) is 0 Å². The van der Waals surface area contributed by atoms with Gasteiger partial charge in [0.2, 0.25) is 0 Å². The van der Waals surface area contributed by atoms with Crippen molar-refractivity contribution in [2.24, 2.45) is 0 Å². The van der Waals surface area contributed by atoms with Crippen LogP contribution in [0.25, 0.3) is 65.7 Å². The summed E-state index contributed by atoms with van der Waals surface area (Å²) in [4.78, 5) is 0. The van der Waals surface area contributed by atoms with Crippen molar-refractivity contribution in [1.29, 1.82) is 0 Å². The van der Waals surface area contributed by atoms with Crippen LogP contribution in [0.4, 0.5) is 0 Å². The van der Waals surface area contributed by atoms with Crippen molar-refractivity contribution in [1.82, 2.24) is 0 Å². The van der Waals surface area contributed by atoms with Crippen LogP contribution in [-0.2, 0) is 0 Å². The molecular weight excluding hydrogens is 616 g/mol. The first-order valence-corrected chi connectivity index (χ1v) is 19.6. The summed E-state index contributed by atoms with van der Waals surface area (Å²) < 4.78 is 0. The molecule has 0 radical (unpaired) electrons. The van der Waals surface area contributed by atoms with Gasteiger partial charge in [0.25, 0.3) is 0 Å². The summed E-state index contributed by atoms with van der Waals surface area (Å²) in [6.45, 7) is 0. The van der Waals surface area contributed by atoms with E-state index in [0.717, 1.165) is 0 Å². The summed E-state index contributed by atoms with van der Waals surface area (Å²) in [5, 5.41) is 8.21. The maximum Gasteiger partial charge on any atom is 0.139 e. The van der Waals surface area contributed by atoms with Gasteiger partial charge in [0.05, 0.1) is 0 Å². The molecular formula is C36H41B17. The lowest BCUT2D eigenvalue weighted by Gasteiger charge is -2.31. The molecule has 0 fully saturated rings. The third-order valence-corrected chi connectivity index (χ3v) is 14.5. The van der Waals surface area contributed by atoms with Gasteiger partial charge in [0.1, 0.15) is 133 Å². The van der Waals surface area contributed by atoms with Crippen LogP contribution in [0.3, 0.4) is 0 Å². The monoisotopic (exact) mass is 660 g/mol. The zero-order chi connectivity index (χ0) is 38.7. The lowest BCUT2D eigenvalue weighted by molar-refractivity contribution is 1.73. The van der Waals surface area contributed by atoms with Crippen LogP contribution in [0.2, 0.25) is 0 Å². The standard InChI is InChI=1S/C36H41B17/c37-20-13-11(10-6-5-8-3-1-2-4-9(8)7-10)14-16(23(40)33(50)31(48)21(14)38)12(15(13)22(39)32(49)30(20)47)17-24(41)26(43)18(27(44)25(17)42)19-28(45)34(51)36(53)35(52)29(19)46/h1-7H,37-53H2. The van der Waals surface area contributed by atoms with E-state index in [1.807, 2.05) is 0 Å². The molecule has 0 aliphatic rings. The van der Waals surface area contributed by atoms with Crippen LogP contribution in [0.15, 0.2) is 42.5 Å².